The average Bonchev–Trinajstić information content (AvgIpc) is 1.37. The van der Waals surface area contributed by atoms with Gasteiger partial charge in [0.1, 0.15) is 40.2 Å². The Kier molecular flexibility index (Phi) is 45.8. The number of esters is 2. The highest BCUT2D eigenvalue weighted by atomic mass is 80.0. The van der Waals surface area contributed by atoms with E-state index in [4.69, 9.17) is 61.3 Å². The summed E-state index contributed by atoms with van der Waals surface area (Å²) in [5.74, 6) is 1.21. The Morgan fingerprint density at radius 2 is 0.721 bits per heavy atom. The number of hydrogen-bond acceptors (Lipinski definition) is 22. The lowest BCUT2D eigenvalue weighted by molar-refractivity contribution is -0.138. The van der Waals surface area contributed by atoms with Crippen molar-refractivity contribution in [3.63, 3.8) is 0 Å². The number of aromatic hydroxyl groups is 4. The average molecular weight is 2480 g/mol. The number of pyridine rings is 4. The number of phenols is 4. The molecule has 0 bridgehead atoms. The van der Waals surface area contributed by atoms with Crippen LogP contribution in [-0.2, 0) is 57.8 Å². The molecule has 0 amide bonds. The van der Waals surface area contributed by atoms with Crippen LogP contribution in [-0.4, -0.2) is 147 Å². The molecule has 4 aromatic heterocycles. The normalized spacial score (nSPS) is 12.1. The smallest absolute Gasteiger partial charge is 0.487 e. The number of halogens is 9. The molecule has 762 valence electrons. The number of carboxylic acid groups (broad SMARTS) is 1. The summed E-state index contributed by atoms with van der Waals surface area (Å²) in [7, 11) is 4.35. The molecule has 0 saturated carbocycles. The molecule has 27 nitrogen and oxygen atoms in total. The molecule has 1 saturated heterocycles. The van der Waals surface area contributed by atoms with Gasteiger partial charge >= 0.3 is 31.4 Å². The Bertz CT molecular complexity index is 7480. The molecule has 0 radical (unpaired) electrons. The van der Waals surface area contributed by atoms with Crippen LogP contribution >= 0.6 is 134 Å². The topological polar surface area (TPSA) is 383 Å². The van der Waals surface area contributed by atoms with Crippen molar-refractivity contribution >= 4 is 232 Å². The van der Waals surface area contributed by atoms with Gasteiger partial charge in [0.25, 0.3) is 22.2 Å². The van der Waals surface area contributed by atoms with Crippen LogP contribution in [0.3, 0.4) is 0 Å². The number of allylic oxidation sites excluding steroid dienone is 1. The first kappa shape index (κ1) is 118. The van der Waals surface area contributed by atoms with Crippen LogP contribution in [0.25, 0.3) is 117 Å². The van der Waals surface area contributed by atoms with Crippen molar-refractivity contribution in [3.8, 4) is 96.4 Å². The molecule has 16 rings (SSSR count). The van der Waals surface area contributed by atoms with E-state index in [1.807, 2.05) is 143 Å². The fraction of sp³-hybridized carbons (Fsp3) is 0.167. The summed E-state index contributed by atoms with van der Waals surface area (Å²) in [5.41, 5.74) is 9.59. The molecule has 0 aliphatic carbocycles. The molecule has 0 spiro atoms. The van der Waals surface area contributed by atoms with E-state index in [0.29, 0.717) is 91.1 Å². The van der Waals surface area contributed by atoms with Gasteiger partial charge in [-0.05, 0) is 284 Å². The zero-order valence-electron chi connectivity index (χ0n) is 80.7. The van der Waals surface area contributed by atoms with Crippen LogP contribution < -0.4 is 36.4 Å². The monoisotopic (exact) mass is 2480 g/mol. The first-order chi connectivity index (χ1) is 70.1. The lowest BCUT2D eigenvalue weighted by Gasteiger charge is -2.32. The SMILES string of the molecule is BrB(Br)Br.BrB(Br)Br.CC(=O)/C=C/B1OC(C)(C)C(C)(C)O1.CCOC(=O)/C=C/c1ccc(-c2cn(-c3ccc(OC)cc3)c(=O)c3c(O)cc(CO)cc23)cc1.CCOC(=O)/C=C/c1ccc(-c2cn(-c3ccc(OC)cc3)c(=O)c3ccc(CO)cc23)cc1.COc1ccc(-n2cc(Br)c3cc(CO)ccc3c2=O)cc1.ClCCl.O=C(O)/C=C/c1ccc(-c2cn(-c3ccc(O)cc3)c(=O)c3c(O)cc(O)cc23)cc1. The highest BCUT2D eigenvalue weighted by Gasteiger charge is 2.50. The minimum atomic E-state index is -1.05. The van der Waals surface area contributed by atoms with Crippen LogP contribution in [0, 0.1) is 0 Å². The number of ketones is 1. The van der Waals surface area contributed by atoms with Gasteiger partial charge in [-0.2, -0.15) is 0 Å². The van der Waals surface area contributed by atoms with Crippen molar-refractivity contribution in [2.45, 2.75) is 79.5 Å². The van der Waals surface area contributed by atoms with Gasteiger partial charge in [0.05, 0.1) is 81.7 Å². The summed E-state index contributed by atoms with van der Waals surface area (Å²) in [6.45, 7) is 13.1. The lowest BCUT2D eigenvalue weighted by Crippen LogP contribution is -2.41. The number of fused-ring (bicyclic) bond motifs is 4. The molecule has 5 heterocycles. The number of carbonyl (C=O) groups excluding carboxylic acids is 3. The number of hydrogen-bond donors (Lipinski definition) is 8. The van der Waals surface area contributed by atoms with E-state index in [-0.39, 0.29) is 105 Å². The van der Waals surface area contributed by atoms with Crippen molar-refractivity contribution in [1.82, 2.24) is 18.3 Å². The number of aliphatic hydroxyl groups is 3. The number of aliphatic hydroxyl groups excluding tert-OH is 3. The number of carboxylic acids is 1. The van der Waals surface area contributed by atoms with Crippen LogP contribution in [0.1, 0.15) is 81.8 Å². The Balaban J connectivity index is 0.000000204. The van der Waals surface area contributed by atoms with Crippen LogP contribution in [0.4, 0.5) is 0 Å². The number of ether oxygens (including phenoxy) is 5. The van der Waals surface area contributed by atoms with E-state index in [1.165, 1.54) is 64.6 Å². The minimum Gasteiger partial charge on any atom is -0.508 e. The molecule has 8 N–H and O–H groups in total. The highest BCUT2D eigenvalue weighted by Crippen LogP contribution is 2.40. The van der Waals surface area contributed by atoms with Gasteiger partial charge in [-0.15, -0.1) is 118 Å². The van der Waals surface area contributed by atoms with Crippen molar-refractivity contribution in [2.24, 2.45) is 0 Å². The van der Waals surface area contributed by atoms with Crippen LogP contribution in [0.15, 0.2) is 309 Å². The number of benzene rings is 11. The maximum atomic E-state index is 13.4. The Morgan fingerprint density at radius 3 is 1.07 bits per heavy atom. The molecular formula is C108H100B3Br7Cl2N4O23. The predicted octanol–water partition coefficient (Wildman–Crippen LogP) is 23.8. The number of methoxy groups -OCH3 is 3. The van der Waals surface area contributed by atoms with Gasteiger partial charge in [0, 0.05) is 120 Å². The second kappa shape index (κ2) is 56.8. The van der Waals surface area contributed by atoms with Crippen LogP contribution in [0.2, 0.25) is 0 Å². The molecular weight excluding hydrogens is 2380 g/mol. The molecule has 147 heavy (non-hydrogen) atoms. The largest absolute Gasteiger partial charge is 0.508 e. The third kappa shape index (κ3) is 33.2. The fourth-order valence-electron chi connectivity index (χ4n) is 14.6. The number of aliphatic carboxylic acids is 1. The maximum Gasteiger partial charge on any atom is 0.487 e. The predicted molar refractivity (Wildman–Crippen MR) is 612 cm³/mol. The maximum absolute atomic E-state index is 13.4. The molecule has 0 unspecified atom stereocenters. The second-order valence-corrected chi connectivity index (χ2v) is 47.0. The van der Waals surface area contributed by atoms with Crippen LogP contribution in [0.5, 0.6) is 40.2 Å². The van der Waals surface area contributed by atoms with Crippen molar-refractivity contribution in [2.75, 3.05) is 39.9 Å². The standard InChI is InChI=1S/C28H25NO6.C28H25NO5.C24H17NO6.C17H14BrNO3.C10H17BO3.CH2Cl2.2BBr3/c1-3-35-26(32)13-6-18-4-7-20(8-5-18)24-16-29(21-9-11-22(34-2)12-10-21)28(33)27-23(24)14-19(17-30)15-25(27)31;1-3-34-27(31)15-7-19-4-8-21(9-5-19)26-17-29(22-10-12-23(33-2)13-11-22)28(32)24-14-6-20(18-30)16-25(24)26;26-17-8-6-16(7-9-17)25-13-20(15-4-1-14(2-5-15)3-10-22(29)30)19-11-18(27)12-21(28)23(19)24(25)31;1-22-13-5-3-12(4-6-13)19-9-16(18)15-8-11(10-20)2-7-14(15)17(19)21;1-8(12)6-7-11-13-9(2,3)10(4,5)14-11;2-1-3;2*2-1(3)4/h4-16,30-31H,3,17H2,1-2H3;4-17,30H,3,18H2,1-2H3;1-13,26-28H,(H,29,30);2-9,20H,10H2,1H3;6-7H,1-5H3;1H2;;/b13-6+;15-7+;10-3+;;7-6+;;;. The Morgan fingerprint density at radius 1 is 0.401 bits per heavy atom. The number of carbonyl (C=O) groups is 4. The summed E-state index contributed by atoms with van der Waals surface area (Å²) in [6, 6.07) is 66.0. The third-order valence-corrected chi connectivity index (χ3v) is 23.0. The fourth-order valence-corrected chi connectivity index (χ4v) is 15.2. The zero-order chi connectivity index (χ0) is 108. The second-order valence-electron chi connectivity index (χ2n) is 32.5. The number of aromatic nitrogens is 4. The summed E-state index contributed by atoms with van der Waals surface area (Å²) in [4.78, 5) is 97.2. The van der Waals surface area contributed by atoms with Gasteiger partial charge in [0.2, 0.25) is 0 Å². The van der Waals surface area contributed by atoms with Crippen molar-refractivity contribution in [1.29, 1.82) is 0 Å². The zero-order valence-corrected chi connectivity index (χ0v) is 93.3. The third-order valence-electron chi connectivity index (χ3n) is 22.3. The molecule has 39 heteroatoms. The van der Waals surface area contributed by atoms with E-state index >= 15 is 0 Å². The van der Waals surface area contributed by atoms with E-state index in [1.54, 1.807) is 172 Å². The van der Waals surface area contributed by atoms with Crippen molar-refractivity contribution < 1.29 is 93.0 Å². The first-order valence-electron chi connectivity index (χ1n) is 44.6. The van der Waals surface area contributed by atoms with Gasteiger partial charge in [-0.3, -0.25) is 42.2 Å². The molecule has 1 aliphatic rings. The van der Waals surface area contributed by atoms with Gasteiger partial charge in [0.15, 0.2) is 5.78 Å². The van der Waals surface area contributed by atoms with Gasteiger partial charge < -0.3 is 73.8 Å². The Hall–Kier alpha value is -12.2. The van der Waals surface area contributed by atoms with Crippen molar-refractivity contribution in [3.05, 3.63) is 365 Å². The molecule has 1 aliphatic heterocycles. The Labute approximate surface area is 915 Å². The molecule has 11 aromatic carbocycles. The van der Waals surface area contributed by atoms with E-state index in [0.717, 1.165) is 77.8 Å². The number of alkyl halides is 2. The molecule has 1 fully saturated rings. The van der Waals surface area contributed by atoms with Gasteiger partial charge in [-0.25, -0.2) is 14.4 Å². The molecule has 15 aromatic rings. The quantitative estimate of drug-likeness (QED) is 0.0128. The first-order valence-corrected chi connectivity index (χ1v) is 52.0. The van der Waals surface area contributed by atoms with Gasteiger partial charge in [-0.1, -0.05) is 90.9 Å². The van der Waals surface area contributed by atoms with E-state index in [2.05, 4.69) is 110 Å². The summed E-state index contributed by atoms with van der Waals surface area (Å²) in [5, 5.41) is 82.0. The summed E-state index contributed by atoms with van der Waals surface area (Å²) < 4.78 is 44.1. The summed E-state index contributed by atoms with van der Waals surface area (Å²) in [6.07, 6.45) is 17.0. The van der Waals surface area contributed by atoms with E-state index in [9.17, 15) is 74.1 Å². The number of rotatable bonds is 23. The van der Waals surface area contributed by atoms with E-state index < -0.39 is 24.6 Å². The molecule has 0 atom stereocenters. The summed E-state index contributed by atoms with van der Waals surface area (Å²) >= 11 is 31.7. The number of nitrogens with zero attached hydrogens (tertiary/aromatic N) is 4. The minimum absolute atomic E-state index is 0.000266. The number of phenolic OH excluding ortho intramolecular Hbond substituents is 4. The highest BCUT2D eigenvalue weighted by molar-refractivity contribution is 9.70. The lowest BCUT2D eigenvalue weighted by atomic mass is 9.90.